The number of nitrogens with two attached hydrogens (primary N) is 2. The Kier molecular flexibility index (Phi) is 10.8. The van der Waals surface area contributed by atoms with Gasteiger partial charge in [0.2, 0.25) is 0 Å². The SMILES string of the molecule is NCc1cccc(-c2ccc(-c3cc(CCC(=O)O)c(-c4ccc(-c5sc(-c6ccc(-c7cccc(CN)c7)s6)cc5CCC(=O)O)s4)s3)s2)c1. The molecule has 258 valence electrons. The fraction of sp³-hybridized carbons (Fsp3) is 0.150. The molecular weight excluding hydrogens is 733 g/mol. The summed E-state index contributed by atoms with van der Waals surface area (Å²) in [7, 11) is 0. The molecule has 51 heavy (non-hydrogen) atoms. The third-order valence-electron chi connectivity index (χ3n) is 8.48. The van der Waals surface area contributed by atoms with E-state index in [0.717, 1.165) is 82.2 Å². The van der Waals surface area contributed by atoms with Crippen molar-refractivity contribution in [1.82, 2.24) is 0 Å². The van der Waals surface area contributed by atoms with Crippen molar-refractivity contribution in [2.75, 3.05) is 0 Å². The molecule has 5 heterocycles. The summed E-state index contributed by atoms with van der Waals surface area (Å²) >= 11 is 8.50. The third-order valence-corrected chi connectivity index (χ3v) is 14.9. The maximum Gasteiger partial charge on any atom is 0.303 e. The summed E-state index contributed by atoms with van der Waals surface area (Å²) in [6, 6.07) is 33.6. The maximum absolute atomic E-state index is 11.6. The van der Waals surface area contributed by atoms with Crippen LogP contribution in [-0.4, -0.2) is 22.2 Å². The Morgan fingerprint density at radius 3 is 1.27 bits per heavy atom. The van der Waals surface area contributed by atoms with Gasteiger partial charge in [-0.2, -0.15) is 0 Å². The Hall–Kier alpha value is -4.20. The van der Waals surface area contributed by atoms with E-state index < -0.39 is 11.9 Å². The first-order valence-electron chi connectivity index (χ1n) is 16.4. The fourth-order valence-corrected chi connectivity index (χ4v) is 11.8. The smallest absolute Gasteiger partial charge is 0.303 e. The van der Waals surface area contributed by atoms with Crippen molar-refractivity contribution in [3.8, 4) is 59.9 Å². The number of hydrogen-bond acceptors (Lipinski definition) is 9. The third kappa shape index (κ3) is 8.00. The number of benzene rings is 2. The predicted molar refractivity (Wildman–Crippen MR) is 216 cm³/mol. The van der Waals surface area contributed by atoms with Gasteiger partial charge in [-0.05, 0) is 107 Å². The monoisotopic (exact) mass is 766 g/mol. The van der Waals surface area contributed by atoms with E-state index in [1.165, 1.54) is 0 Å². The average molecular weight is 767 g/mol. The second-order valence-electron chi connectivity index (χ2n) is 12.0. The normalized spacial score (nSPS) is 11.3. The number of thiophene rings is 5. The van der Waals surface area contributed by atoms with Crippen LogP contribution in [0.2, 0.25) is 0 Å². The van der Waals surface area contributed by atoms with Crippen LogP contribution in [0.25, 0.3) is 59.9 Å². The summed E-state index contributed by atoms with van der Waals surface area (Å²) in [6.07, 6.45) is 0.978. The summed E-state index contributed by atoms with van der Waals surface area (Å²) in [5, 5.41) is 19.1. The number of carbonyl (C=O) groups is 2. The number of carboxylic acid groups (broad SMARTS) is 2. The van der Waals surface area contributed by atoms with Crippen molar-refractivity contribution in [3.05, 3.63) is 119 Å². The molecule has 0 aliphatic rings. The van der Waals surface area contributed by atoms with Gasteiger partial charge in [-0.1, -0.05) is 36.4 Å². The second-order valence-corrected chi connectivity index (χ2v) is 17.4. The van der Waals surface area contributed by atoms with Gasteiger partial charge in [-0.25, -0.2) is 0 Å². The Balaban J connectivity index is 1.22. The van der Waals surface area contributed by atoms with Crippen LogP contribution in [0.3, 0.4) is 0 Å². The summed E-state index contributed by atoms with van der Waals surface area (Å²) in [5.74, 6) is -1.64. The van der Waals surface area contributed by atoms with Gasteiger partial charge in [0.25, 0.3) is 0 Å². The largest absolute Gasteiger partial charge is 0.481 e. The van der Waals surface area contributed by atoms with Gasteiger partial charge in [-0.3, -0.25) is 9.59 Å². The molecular formula is C40H34N2O4S5. The van der Waals surface area contributed by atoms with E-state index >= 15 is 0 Å². The highest BCUT2D eigenvalue weighted by molar-refractivity contribution is 7.30. The van der Waals surface area contributed by atoms with Gasteiger partial charge >= 0.3 is 11.9 Å². The Morgan fingerprint density at radius 1 is 0.471 bits per heavy atom. The first-order valence-corrected chi connectivity index (χ1v) is 20.4. The van der Waals surface area contributed by atoms with Gasteiger partial charge < -0.3 is 21.7 Å². The van der Waals surface area contributed by atoms with E-state index in [1.54, 1.807) is 56.7 Å². The molecule has 0 aliphatic heterocycles. The molecule has 0 unspecified atom stereocenters. The lowest BCUT2D eigenvalue weighted by Gasteiger charge is -2.01. The first-order chi connectivity index (χ1) is 24.8. The standard InChI is InChI=1S/C40H34N2O4S5/c41-21-23-3-1-5-25(17-23)29-9-11-31(47-29)35-19-27(7-15-37(43)44)39(50-35)33-13-14-34(49-33)40-28(8-16-38(45)46)20-36(51-40)32-12-10-30(48-32)26-6-2-4-24(18-26)22-42/h1-6,9-14,17-20H,7-8,15-16,21-22,41-42H2,(H,43,44)(H,45,46). The lowest BCUT2D eigenvalue weighted by atomic mass is 10.1. The molecule has 0 saturated carbocycles. The minimum atomic E-state index is -0.822. The van der Waals surface area contributed by atoms with Crippen LogP contribution in [0.15, 0.2) is 97.1 Å². The number of aliphatic carboxylic acids is 2. The number of carboxylic acids is 2. The summed E-state index contributed by atoms with van der Waals surface area (Å²) in [6.45, 7) is 0.979. The molecule has 0 fully saturated rings. The molecule has 0 aliphatic carbocycles. The van der Waals surface area contributed by atoms with Crippen LogP contribution in [0.5, 0.6) is 0 Å². The zero-order valence-corrected chi connectivity index (χ0v) is 31.5. The zero-order valence-electron chi connectivity index (χ0n) is 27.4. The van der Waals surface area contributed by atoms with Crippen LogP contribution in [0.4, 0.5) is 0 Å². The molecule has 6 N–H and O–H groups in total. The quantitative estimate of drug-likeness (QED) is 0.0873. The van der Waals surface area contributed by atoms with E-state index in [-0.39, 0.29) is 12.8 Å². The molecule has 0 spiro atoms. The second kappa shape index (κ2) is 15.6. The van der Waals surface area contributed by atoms with Crippen LogP contribution >= 0.6 is 56.7 Å². The van der Waals surface area contributed by atoms with E-state index in [9.17, 15) is 19.8 Å². The van der Waals surface area contributed by atoms with E-state index in [2.05, 4.69) is 72.8 Å². The molecule has 2 aromatic carbocycles. The number of rotatable bonds is 14. The molecule has 11 heteroatoms. The molecule has 0 bridgehead atoms. The van der Waals surface area contributed by atoms with Gasteiger partial charge in [0.1, 0.15) is 0 Å². The number of aryl methyl sites for hydroxylation is 2. The van der Waals surface area contributed by atoms with Crippen molar-refractivity contribution < 1.29 is 19.8 Å². The van der Waals surface area contributed by atoms with Crippen molar-refractivity contribution in [2.45, 2.75) is 38.8 Å². The van der Waals surface area contributed by atoms with Crippen molar-refractivity contribution in [1.29, 1.82) is 0 Å². The lowest BCUT2D eigenvalue weighted by Crippen LogP contribution is -1.97. The average Bonchev–Trinajstić information content (AvgIpc) is 3.98. The predicted octanol–water partition coefficient (Wildman–Crippen LogP) is 10.9. The molecule has 5 aromatic heterocycles. The van der Waals surface area contributed by atoms with E-state index in [1.807, 2.05) is 24.3 Å². The molecule has 6 nitrogen and oxygen atoms in total. The fourth-order valence-electron chi connectivity index (χ4n) is 5.91. The summed E-state index contributed by atoms with van der Waals surface area (Å²) in [4.78, 5) is 34.4. The zero-order chi connectivity index (χ0) is 35.5. The topological polar surface area (TPSA) is 127 Å². The van der Waals surface area contributed by atoms with Crippen LogP contribution < -0.4 is 11.5 Å². The molecule has 0 atom stereocenters. The highest BCUT2D eigenvalue weighted by atomic mass is 32.1. The summed E-state index contributed by atoms with van der Waals surface area (Å²) in [5.41, 5.74) is 18.3. The maximum atomic E-state index is 11.6. The minimum absolute atomic E-state index is 0.0515. The molecule has 0 saturated heterocycles. The van der Waals surface area contributed by atoms with Gasteiger partial charge in [0, 0.05) is 74.7 Å². The van der Waals surface area contributed by atoms with E-state index in [4.69, 9.17) is 11.5 Å². The molecule has 7 aromatic rings. The van der Waals surface area contributed by atoms with Crippen LogP contribution in [0.1, 0.15) is 35.1 Å². The van der Waals surface area contributed by atoms with Gasteiger partial charge in [-0.15, -0.1) is 56.7 Å². The van der Waals surface area contributed by atoms with Crippen molar-refractivity contribution in [3.63, 3.8) is 0 Å². The van der Waals surface area contributed by atoms with Crippen molar-refractivity contribution >= 4 is 68.6 Å². The molecule has 7 rings (SSSR count). The van der Waals surface area contributed by atoms with Gasteiger partial charge in [0.15, 0.2) is 0 Å². The molecule has 0 radical (unpaired) electrons. The lowest BCUT2D eigenvalue weighted by molar-refractivity contribution is -0.138. The summed E-state index contributed by atoms with van der Waals surface area (Å²) < 4.78 is 0. The molecule has 0 amide bonds. The Morgan fingerprint density at radius 2 is 0.863 bits per heavy atom. The van der Waals surface area contributed by atoms with Crippen LogP contribution in [-0.2, 0) is 35.5 Å². The Bertz CT molecular complexity index is 2180. The highest BCUT2D eigenvalue weighted by Gasteiger charge is 2.20. The number of hydrogen-bond donors (Lipinski definition) is 4. The first kappa shape index (κ1) is 35.2. The van der Waals surface area contributed by atoms with Crippen LogP contribution in [0, 0.1) is 0 Å². The minimum Gasteiger partial charge on any atom is -0.481 e. The van der Waals surface area contributed by atoms with Gasteiger partial charge in [0.05, 0.1) is 0 Å². The van der Waals surface area contributed by atoms with E-state index in [0.29, 0.717) is 25.9 Å². The Labute approximate surface area is 315 Å². The van der Waals surface area contributed by atoms with Crippen molar-refractivity contribution in [2.24, 2.45) is 11.5 Å². The highest BCUT2D eigenvalue weighted by Crippen LogP contribution is 2.49.